The number of hydrogen-bond acceptors (Lipinski definition) is 5. The van der Waals surface area contributed by atoms with E-state index in [1.807, 2.05) is 0 Å². The fourth-order valence-corrected chi connectivity index (χ4v) is 3.39. The van der Waals surface area contributed by atoms with Gasteiger partial charge in [-0.1, -0.05) is 24.3 Å². The standard InChI is InChI=1S/C16H11F3N2O2.C14H9F3O3/c17-11-3-1-10(2-4-11)9-23-12-7-13(18)15(14(19)8-12)16(22)21-6-5-20;15-9-3-1-8(2-4-9)7-20-10-5-11(16)13(14(18)19)12(17)6-10/h1-4,7-8H,6,9H2,(H,21,22);1-6H,7H2,(H,18,19). The monoisotopic (exact) mass is 602 g/mol. The predicted molar refractivity (Wildman–Crippen MR) is 139 cm³/mol. The molecular formula is C30H20F6N2O5. The summed E-state index contributed by atoms with van der Waals surface area (Å²) in [7, 11) is 0. The number of nitrogens with one attached hydrogen (secondary N) is 1. The molecule has 1 amide bonds. The van der Waals surface area contributed by atoms with Crippen LogP contribution in [0.1, 0.15) is 31.8 Å². The van der Waals surface area contributed by atoms with Crippen molar-refractivity contribution in [2.45, 2.75) is 13.2 Å². The van der Waals surface area contributed by atoms with Gasteiger partial charge in [-0.25, -0.2) is 31.1 Å². The van der Waals surface area contributed by atoms with Gasteiger partial charge in [-0.05, 0) is 35.4 Å². The van der Waals surface area contributed by atoms with Crippen molar-refractivity contribution in [1.82, 2.24) is 5.32 Å². The van der Waals surface area contributed by atoms with Crippen LogP contribution in [-0.2, 0) is 13.2 Å². The highest BCUT2D eigenvalue weighted by atomic mass is 19.2. The molecular weight excluding hydrogens is 582 g/mol. The molecule has 0 aliphatic rings. The molecule has 4 rings (SSSR count). The Morgan fingerprint density at radius 2 is 1.05 bits per heavy atom. The van der Waals surface area contributed by atoms with E-state index in [1.165, 1.54) is 48.5 Å². The first-order chi connectivity index (χ1) is 20.5. The summed E-state index contributed by atoms with van der Waals surface area (Å²) in [5.41, 5.74) is -0.592. The number of hydrogen-bond donors (Lipinski definition) is 2. The Morgan fingerprint density at radius 3 is 1.40 bits per heavy atom. The average molecular weight is 602 g/mol. The molecule has 0 aliphatic carbocycles. The van der Waals surface area contributed by atoms with E-state index >= 15 is 0 Å². The van der Waals surface area contributed by atoms with Gasteiger partial charge < -0.3 is 19.9 Å². The number of carboxylic acids is 1. The Kier molecular flexibility index (Phi) is 11.1. The van der Waals surface area contributed by atoms with Crippen LogP contribution in [0.15, 0.2) is 72.8 Å². The molecule has 0 saturated heterocycles. The number of halogens is 6. The molecule has 0 aromatic heterocycles. The molecule has 0 heterocycles. The number of amides is 1. The summed E-state index contributed by atoms with van der Waals surface area (Å²) >= 11 is 0. The summed E-state index contributed by atoms with van der Waals surface area (Å²) in [6, 6.07) is 15.8. The molecule has 2 N–H and O–H groups in total. The van der Waals surface area contributed by atoms with Crippen LogP contribution in [0.2, 0.25) is 0 Å². The molecule has 7 nitrogen and oxygen atoms in total. The maximum atomic E-state index is 13.9. The molecule has 0 fully saturated rings. The molecule has 4 aromatic carbocycles. The third-order valence-corrected chi connectivity index (χ3v) is 5.44. The summed E-state index contributed by atoms with van der Waals surface area (Å²) in [6.45, 7) is -0.398. The largest absolute Gasteiger partial charge is 0.489 e. The number of carbonyl (C=O) groups excluding carboxylic acids is 1. The number of carboxylic acid groups (broad SMARTS) is 1. The van der Waals surface area contributed by atoms with E-state index < -0.39 is 57.9 Å². The van der Waals surface area contributed by atoms with Crippen LogP contribution >= 0.6 is 0 Å². The van der Waals surface area contributed by atoms with Crippen molar-refractivity contribution in [3.63, 3.8) is 0 Å². The van der Waals surface area contributed by atoms with Gasteiger partial charge in [0.2, 0.25) is 0 Å². The number of nitrogens with zero attached hydrogens (tertiary/aromatic N) is 1. The highest BCUT2D eigenvalue weighted by molar-refractivity contribution is 5.95. The van der Waals surface area contributed by atoms with Crippen LogP contribution in [0.5, 0.6) is 11.5 Å². The zero-order chi connectivity index (χ0) is 31.5. The van der Waals surface area contributed by atoms with E-state index in [0.717, 1.165) is 24.3 Å². The molecule has 0 atom stereocenters. The molecule has 0 radical (unpaired) electrons. The van der Waals surface area contributed by atoms with Crippen LogP contribution in [0.4, 0.5) is 26.3 Å². The Bertz CT molecular complexity index is 1590. The van der Waals surface area contributed by atoms with E-state index in [9.17, 15) is 35.9 Å². The lowest BCUT2D eigenvalue weighted by Gasteiger charge is -2.09. The molecule has 0 unspecified atom stereocenters. The predicted octanol–water partition coefficient (Wildman–Crippen LogP) is 6.32. The second-order valence-electron chi connectivity index (χ2n) is 8.50. The van der Waals surface area contributed by atoms with Gasteiger partial charge in [0, 0.05) is 24.3 Å². The maximum absolute atomic E-state index is 13.9. The first-order valence-corrected chi connectivity index (χ1v) is 12.1. The van der Waals surface area contributed by atoms with Crippen molar-refractivity contribution in [3.8, 4) is 17.6 Å². The minimum atomic E-state index is -1.69. The lowest BCUT2D eigenvalue weighted by Crippen LogP contribution is -2.25. The van der Waals surface area contributed by atoms with Gasteiger partial charge in [-0.2, -0.15) is 5.26 Å². The lowest BCUT2D eigenvalue weighted by molar-refractivity contribution is 0.0686. The van der Waals surface area contributed by atoms with Crippen LogP contribution in [0.3, 0.4) is 0 Å². The topological polar surface area (TPSA) is 109 Å². The minimum Gasteiger partial charge on any atom is -0.489 e. The highest BCUT2D eigenvalue weighted by Crippen LogP contribution is 2.23. The second-order valence-corrected chi connectivity index (χ2v) is 8.50. The van der Waals surface area contributed by atoms with Crippen LogP contribution in [0, 0.1) is 46.2 Å². The van der Waals surface area contributed by atoms with E-state index in [1.54, 1.807) is 6.07 Å². The quantitative estimate of drug-likeness (QED) is 0.172. The normalized spacial score (nSPS) is 10.2. The lowest BCUT2D eigenvalue weighted by atomic mass is 10.1. The number of rotatable bonds is 9. The van der Waals surface area contributed by atoms with E-state index in [4.69, 9.17) is 19.8 Å². The Labute approximate surface area is 240 Å². The molecule has 0 aliphatic heterocycles. The summed E-state index contributed by atoms with van der Waals surface area (Å²) in [6.07, 6.45) is 0. The fourth-order valence-electron chi connectivity index (χ4n) is 3.39. The van der Waals surface area contributed by atoms with Gasteiger partial charge in [0.1, 0.15) is 77.3 Å². The van der Waals surface area contributed by atoms with Gasteiger partial charge in [0.15, 0.2) is 0 Å². The number of nitriles is 1. The van der Waals surface area contributed by atoms with Gasteiger partial charge in [-0.15, -0.1) is 0 Å². The summed E-state index contributed by atoms with van der Waals surface area (Å²) in [5, 5.41) is 19.0. The first-order valence-electron chi connectivity index (χ1n) is 12.1. The zero-order valence-electron chi connectivity index (χ0n) is 21.8. The SMILES string of the molecule is N#CCNC(=O)c1c(F)cc(OCc2ccc(F)cc2)cc1F.O=C(O)c1c(F)cc(OCc2ccc(F)cc2)cc1F. The zero-order valence-corrected chi connectivity index (χ0v) is 21.8. The summed E-state index contributed by atoms with van der Waals surface area (Å²) in [5.74, 6) is -8.41. The first kappa shape index (κ1) is 32.0. The van der Waals surface area contributed by atoms with Crippen molar-refractivity contribution in [2.75, 3.05) is 6.54 Å². The number of ether oxygens (including phenoxy) is 2. The van der Waals surface area contributed by atoms with Crippen LogP contribution in [0.25, 0.3) is 0 Å². The summed E-state index contributed by atoms with van der Waals surface area (Å²) < 4.78 is 90.3. The maximum Gasteiger partial charge on any atom is 0.341 e. The van der Waals surface area contributed by atoms with E-state index in [-0.39, 0.29) is 31.3 Å². The van der Waals surface area contributed by atoms with Crippen molar-refractivity contribution < 1.29 is 50.5 Å². The van der Waals surface area contributed by atoms with Crippen LogP contribution in [-0.4, -0.2) is 23.5 Å². The number of benzene rings is 4. The van der Waals surface area contributed by atoms with Crippen LogP contribution < -0.4 is 14.8 Å². The van der Waals surface area contributed by atoms with Gasteiger partial charge in [-0.3, -0.25) is 4.79 Å². The van der Waals surface area contributed by atoms with Crippen molar-refractivity contribution in [2.24, 2.45) is 0 Å². The highest BCUT2D eigenvalue weighted by Gasteiger charge is 2.20. The molecule has 4 aromatic rings. The Morgan fingerprint density at radius 1 is 0.674 bits per heavy atom. The molecule has 222 valence electrons. The molecule has 0 bridgehead atoms. The smallest absolute Gasteiger partial charge is 0.341 e. The average Bonchev–Trinajstić information content (AvgIpc) is 2.95. The van der Waals surface area contributed by atoms with Crippen molar-refractivity contribution in [3.05, 3.63) is 130 Å². The molecule has 0 saturated carbocycles. The molecule has 0 spiro atoms. The van der Waals surface area contributed by atoms with Crippen molar-refractivity contribution >= 4 is 11.9 Å². The molecule has 13 heteroatoms. The Balaban J connectivity index is 0.000000238. The minimum absolute atomic E-state index is 0.0147. The number of aromatic carboxylic acids is 1. The van der Waals surface area contributed by atoms with Crippen molar-refractivity contribution in [1.29, 1.82) is 5.26 Å². The third-order valence-electron chi connectivity index (χ3n) is 5.44. The van der Waals surface area contributed by atoms with Gasteiger partial charge in [0.05, 0.1) is 6.07 Å². The van der Waals surface area contributed by atoms with Gasteiger partial charge >= 0.3 is 5.97 Å². The summed E-state index contributed by atoms with van der Waals surface area (Å²) in [4.78, 5) is 22.2. The fraction of sp³-hybridized carbons (Fsp3) is 0.100. The van der Waals surface area contributed by atoms with E-state index in [0.29, 0.717) is 11.1 Å². The third kappa shape index (κ3) is 9.25. The second kappa shape index (κ2) is 14.9. The van der Waals surface area contributed by atoms with E-state index in [2.05, 4.69) is 5.32 Å². The number of carbonyl (C=O) groups is 2. The molecule has 43 heavy (non-hydrogen) atoms. The Hall–Kier alpha value is -5.51. The van der Waals surface area contributed by atoms with Gasteiger partial charge in [0.25, 0.3) is 5.91 Å².